The van der Waals surface area contributed by atoms with E-state index in [4.69, 9.17) is 4.42 Å². The third-order valence-corrected chi connectivity index (χ3v) is 6.85. The maximum atomic E-state index is 12.7. The Labute approximate surface area is 173 Å². The summed E-state index contributed by atoms with van der Waals surface area (Å²) in [4.78, 5) is 0.205. The van der Waals surface area contributed by atoms with Crippen molar-refractivity contribution >= 4 is 27.4 Å². The number of sulfonamides is 1. The lowest BCUT2D eigenvalue weighted by Crippen LogP contribution is -1.99. The van der Waals surface area contributed by atoms with Crippen molar-refractivity contribution in [3.8, 4) is 0 Å². The Morgan fingerprint density at radius 1 is 0.931 bits per heavy atom. The molecule has 1 aromatic heterocycles. The van der Waals surface area contributed by atoms with Crippen molar-refractivity contribution in [1.82, 2.24) is 0 Å². The maximum absolute atomic E-state index is 12.7. The molecule has 0 radical (unpaired) electrons. The summed E-state index contributed by atoms with van der Waals surface area (Å²) in [5.74, 6) is 1.62. The molecule has 152 valence electrons. The van der Waals surface area contributed by atoms with Crippen molar-refractivity contribution in [3.05, 3.63) is 65.1 Å². The van der Waals surface area contributed by atoms with Crippen molar-refractivity contribution in [2.24, 2.45) is 4.40 Å². The van der Waals surface area contributed by atoms with Gasteiger partial charge in [0, 0.05) is 5.56 Å². The van der Waals surface area contributed by atoms with Gasteiger partial charge in [0.2, 0.25) is 0 Å². The molecule has 2 aromatic rings. The molecule has 4 rings (SSSR count). The number of hydrogen-bond acceptors (Lipinski definition) is 3. The van der Waals surface area contributed by atoms with Crippen LogP contribution in [0.15, 0.2) is 56.2 Å². The van der Waals surface area contributed by atoms with Gasteiger partial charge in [-0.05, 0) is 87.6 Å². The second-order valence-electron chi connectivity index (χ2n) is 7.87. The van der Waals surface area contributed by atoms with Crippen LogP contribution in [0.3, 0.4) is 0 Å². The Hall–Kier alpha value is -2.40. The average Bonchev–Trinajstić information content (AvgIpc) is 3.18. The van der Waals surface area contributed by atoms with Gasteiger partial charge in [-0.1, -0.05) is 29.8 Å². The van der Waals surface area contributed by atoms with Gasteiger partial charge in [-0.3, -0.25) is 0 Å². The first kappa shape index (κ1) is 19.9. The van der Waals surface area contributed by atoms with Crippen LogP contribution in [0.2, 0.25) is 0 Å². The van der Waals surface area contributed by atoms with E-state index in [-0.39, 0.29) is 4.90 Å². The molecule has 0 spiro atoms. The van der Waals surface area contributed by atoms with Crippen molar-refractivity contribution in [2.75, 3.05) is 0 Å². The number of furan rings is 1. The minimum absolute atomic E-state index is 0.205. The monoisotopic (exact) mass is 409 g/mol. The van der Waals surface area contributed by atoms with Crippen LogP contribution >= 0.6 is 0 Å². The summed E-state index contributed by atoms with van der Waals surface area (Å²) in [6.45, 7) is 1.93. The van der Waals surface area contributed by atoms with Crippen LogP contribution in [0.4, 0.5) is 0 Å². The van der Waals surface area contributed by atoms with Crippen LogP contribution in [0.1, 0.15) is 74.0 Å². The van der Waals surface area contributed by atoms with E-state index in [1.54, 1.807) is 24.3 Å². The number of benzene rings is 1. The number of allylic oxidation sites excluding steroid dienone is 4. The Balaban J connectivity index is 1.70. The number of aryl methyl sites for hydroxylation is 1. The third-order valence-electron chi connectivity index (χ3n) is 5.60. The second kappa shape index (κ2) is 8.54. The fraction of sp³-hybridized carbons (Fsp3) is 0.375. The molecule has 2 aliphatic carbocycles. The van der Waals surface area contributed by atoms with Gasteiger partial charge in [-0.25, -0.2) is 0 Å². The summed E-state index contributed by atoms with van der Waals surface area (Å²) in [6.07, 6.45) is 14.7. The molecular weight excluding hydrogens is 382 g/mol. The summed E-state index contributed by atoms with van der Waals surface area (Å²) in [7, 11) is -3.74. The molecule has 1 heterocycles. The predicted octanol–water partition coefficient (Wildman–Crippen LogP) is 6.31. The molecule has 0 saturated heterocycles. The lowest BCUT2D eigenvalue weighted by Gasteiger charge is -2.12. The first-order chi connectivity index (χ1) is 14.0. The van der Waals surface area contributed by atoms with Crippen LogP contribution in [0, 0.1) is 6.92 Å². The van der Waals surface area contributed by atoms with Gasteiger partial charge in [-0.15, -0.1) is 0 Å². The lowest BCUT2D eigenvalue weighted by atomic mass is 9.96. The first-order valence-electron chi connectivity index (χ1n) is 10.4. The van der Waals surface area contributed by atoms with Gasteiger partial charge in [0.05, 0.1) is 11.1 Å². The Morgan fingerprint density at radius 3 is 2.21 bits per heavy atom. The highest BCUT2D eigenvalue weighted by Gasteiger charge is 2.20. The van der Waals surface area contributed by atoms with Crippen molar-refractivity contribution in [1.29, 1.82) is 0 Å². The minimum atomic E-state index is -3.74. The van der Waals surface area contributed by atoms with Gasteiger partial charge in [0.25, 0.3) is 10.0 Å². The highest BCUT2D eigenvalue weighted by Crippen LogP contribution is 2.35. The van der Waals surface area contributed by atoms with Crippen LogP contribution in [0.5, 0.6) is 0 Å². The molecule has 2 aliphatic rings. The van der Waals surface area contributed by atoms with Gasteiger partial charge in [0.15, 0.2) is 0 Å². The molecule has 0 atom stereocenters. The van der Waals surface area contributed by atoms with Gasteiger partial charge < -0.3 is 4.42 Å². The predicted molar refractivity (Wildman–Crippen MR) is 118 cm³/mol. The zero-order chi connectivity index (χ0) is 20.3. The Kier molecular flexibility index (Phi) is 5.86. The highest BCUT2D eigenvalue weighted by molar-refractivity contribution is 7.90. The van der Waals surface area contributed by atoms with E-state index in [1.165, 1.54) is 24.6 Å². The van der Waals surface area contributed by atoms with E-state index >= 15 is 0 Å². The van der Waals surface area contributed by atoms with Crippen LogP contribution in [0.25, 0.3) is 11.1 Å². The van der Waals surface area contributed by atoms with E-state index in [9.17, 15) is 8.42 Å². The Bertz CT molecular complexity index is 1070. The van der Waals surface area contributed by atoms with Gasteiger partial charge in [0.1, 0.15) is 11.5 Å². The van der Waals surface area contributed by atoms with E-state index < -0.39 is 10.0 Å². The minimum Gasteiger partial charge on any atom is -0.456 e. The fourth-order valence-corrected chi connectivity index (χ4v) is 4.77. The average molecular weight is 410 g/mol. The summed E-state index contributed by atoms with van der Waals surface area (Å²) in [5.41, 5.74) is 4.14. The SMILES string of the molecule is Cc1ccc(S(=O)(=O)/N=C\c2cc(C3=CCCCC3)oc2C2=CCCCC2)cc1. The topological polar surface area (TPSA) is 59.6 Å². The summed E-state index contributed by atoms with van der Waals surface area (Å²) >= 11 is 0. The molecule has 5 heteroatoms. The number of rotatable bonds is 5. The lowest BCUT2D eigenvalue weighted by molar-refractivity contribution is 0.526. The van der Waals surface area contributed by atoms with E-state index in [0.717, 1.165) is 66.7 Å². The van der Waals surface area contributed by atoms with Crippen molar-refractivity contribution in [2.45, 2.75) is 63.2 Å². The standard InChI is InChI=1S/C24H27NO3S/c1-18-12-14-22(15-13-18)29(26,27)25-17-21-16-23(19-8-4-2-5-9-19)28-24(21)20-10-6-3-7-11-20/h8,10,12-17H,2-7,9,11H2,1H3/b25-17-. The Morgan fingerprint density at radius 2 is 1.59 bits per heavy atom. The van der Waals surface area contributed by atoms with E-state index in [2.05, 4.69) is 16.5 Å². The van der Waals surface area contributed by atoms with E-state index in [1.807, 2.05) is 13.0 Å². The van der Waals surface area contributed by atoms with Crippen molar-refractivity contribution in [3.63, 3.8) is 0 Å². The van der Waals surface area contributed by atoms with Crippen molar-refractivity contribution < 1.29 is 12.8 Å². The summed E-state index contributed by atoms with van der Waals surface area (Å²) in [6, 6.07) is 8.72. The molecule has 1 aromatic carbocycles. The maximum Gasteiger partial charge on any atom is 0.282 e. The molecule has 0 N–H and O–H groups in total. The molecule has 0 unspecified atom stereocenters. The molecule has 29 heavy (non-hydrogen) atoms. The molecular formula is C24H27NO3S. The normalized spacial score (nSPS) is 18.0. The summed E-state index contributed by atoms with van der Waals surface area (Å²) in [5, 5.41) is 0. The molecule has 0 fully saturated rings. The smallest absolute Gasteiger partial charge is 0.282 e. The fourth-order valence-electron chi connectivity index (χ4n) is 3.91. The molecule has 0 aliphatic heterocycles. The second-order valence-corrected chi connectivity index (χ2v) is 9.50. The molecule has 0 bridgehead atoms. The van der Waals surface area contributed by atoms with Gasteiger partial charge in [-0.2, -0.15) is 12.8 Å². The molecule has 4 nitrogen and oxygen atoms in total. The van der Waals surface area contributed by atoms with Crippen LogP contribution in [-0.4, -0.2) is 14.6 Å². The quantitative estimate of drug-likeness (QED) is 0.544. The molecule has 0 saturated carbocycles. The highest BCUT2D eigenvalue weighted by atomic mass is 32.2. The zero-order valence-electron chi connectivity index (χ0n) is 16.9. The van der Waals surface area contributed by atoms with Crippen LogP contribution < -0.4 is 0 Å². The third kappa shape index (κ3) is 4.61. The largest absolute Gasteiger partial charge is 0.456 e. The number of nitrogens with zero attached hydrogens (tertiary/aromatic N) is 1. The van der Waals surface area contributed by atoms with Crippen LogP contribution in [-0.2, 0) is 10.0 Å². The van der Waals surface area contributed by atoms with Gasteiger partial charge >= 0.3 is 0 Å². The van der Waals surface area contributed by atoms with E-state index in [0.29, 0.717) is 0 Å². The zero-order valence-corrected chi connectivity index (χ0v) is 17.7. The first-order valence-corrected chi connectivity index (χ1v) is 11.9. The summed E-state index contributed by atoms with van der Waals surface area (Å²) < 4.78 is 35.6. The number of hydrogen-bond donors (Lipinski definition) is 0. The molecule has 0 amide bonds.